The average molecular weight is 456 g/mol. The minimum atomic E-state index is -1.91. The van der Waals surface area contributed by atoms with Crippen LogP contribution in [-0.4, -0.2) is 43.5 Å². The number of hydrogen-bond donors (Lipinski definition) is 0. The lowest BCUT2D eigenvalue weighted by Gasteiger charge is -2.48. The lowest BCUT2D eigenvalue weighted by atomic mass is 9.64. The smallest absolute Gasteiger partial charge is 0.192 e. The van der Waals surface area contributed by atoms with Crippen LogP contribution >= 0.6 is 0 Å². The Kier molecular flexibility index (Phi) is 5.07. The summed E-state index contributed by atoms with van der Waals surface area (Å²) >= 11 is 0. The van der Waals surface area contributed by atoms with E-state index in [-0.39, 0.29) is 34.9 Å². The Morgan fingerprint density at radius 2 is 1.81 bits per heavy atom. The van der Waals surface area contributed by atoms with E-state index >= 15 is 0 Å². The number of aromatic nitrogens is 1. The normalized spacial score (nSPS) is 34.0. The molecule has 0 unspecified atom stereocenters. The lowest BCUT2D eigenvalue weighted by Crippen LogP contribution is -2.50. The molecule has 0 radical (unpaired) electrons. The van der Waals surface area contributed by atoms with Gasteiger partial charge in [0.15, 0.2) is 14.1 Å². The predicted molar refractivity (Wildman–Crippen MR) is 128 cm³/mol. The second kappa shape index (κ2) is 7.26. The molecule has 0 amide bonds. The van der Waals surface area contributed by atoms with Gasteiger partial charge in [-0.05, 0) is 69.4 Å². The van der Waals surface area contributed by atoms with Gasteiger partial charge in [-0.25, -0.2) is 0 Å². The van der Waals surface area contributed by atoms with E-state index in [1.54, 1.807) is 0 Å². The van der Waals surface area contributed by atoms with Crippen molar-refractivity contribution in [3.8, 4) is 5.75 Å². The lowest BCUT2D eigenvalue weighted by molar-refractivity contribution is -0.190. The standard InChI is InChI=1S/C26H37NO4Si/c1-24(2,3)32(6,7)31-21-16-26(23-22(21)29-25(4,5)30-23)14-19(15-26)28-18-11-10-17-9-8-12-27-20(17)13-18/h8-13,19,21-23H,14-16H2,1-7H3/t19-,21-,22-,23-,26+/m0/s1. The monoisotopic (exact) mass is 455 g/mol. The van der Waals surface area contributed by atoms with Crippen molar-refractivity contribution in [3.05, 3.63) is 36.5 Å². The van der Waals surface area contributed by atoms with Gasteiger partial charge >= 0.3 is 0 Å². The van der Waals surface area contributed by atoms with Crippen LogP contribution in [0.3, 0.4) is 0 Å². The molecule has 3 atom stereocenters. The van der Waals surface area contributed by atoms with Crippen LogP contribution in [-0.2, 0) is 13.9 Å². The molecule has 1 spiro atoms. The molecule has 3 aliphatic rings. The maximum Gasteiger partial charge on any atom is 0.192 e. The first-order valence-electron chi connectivity index (χ1n) is 11.9. The zero-order valence-electron chi connectivity index (χ0n) is 20.5. The van der Waals surface area contributed by atoms with Crippen molar-refractivity contribution in [2.75, 3.05) is 0 Å². The Morgan fingerprint density at radius 1 is 1.06 bits per heavy atom. The number of rotatable bonds is 4. The summed E-state index contributed by atoms with van der Waals surface area (Å²) < 4.78 is 26.1. The Hall–Kier alpha value is -1.47. The molecule has 2 aromatic rings. The largest absolute Gasteiger partial charge is 0.490 e. The van der Waals surface area contributed by atoms with Crippen molar-refractivity contribution in [1.29, 1.82) is 0 Å². The molecule has 2 aliphatic carbocycles. The van der Waals surface area contributed by atoms with Crippen molar-refractivity contribution in [2.24, 2.45) is 5.41 Å². The minimum Gasteiger partial charge on any atom is -0.490 e. The van der Waals surface area contributed by atoms with Gasteiger partial charge in [0.1, 0.15) is 11.9 Å². The van der Waals surface area contributed by atoms with Gasteiger partial charge in [0.05, 0.1) is 23.8 Å². The molecule has 5 nitrogen and oxygen atoms in total. The number of hydrogen-bond acceptors (Lipinski definition) is 5. The van der Waals surface area contributed by atoms with Crippen molar-refractivity contribution in [1.82, 2.24) is 4.98 Å². The highest BCUT2D eigenvalue weighted by Gasteiger charge is 2.67. The molecular weight excluding hydrogens is 418 g/mol. The number of nitrogens with zero attached hydrogens (tertiary/aromatic N) is 1. The molecule has 0 N–H and O–H groups in total. The Labute approximate surface area is 192 Å². The van der Waals surface area contributed by atoms with Crippen LogP contribution in [0.2, 0.25) is 18.1 Å². The van der Waals surface area contributed by atoms with E-state index in [0.717, 1.165) is 35.9 Å². The third-order valence-electron chi connectivity index (χ3n) is 8.11. The molecule has 1 aromatic carbocycles. The van der Waals surface area contributed by atoms with E-state index < -0.39 is 14.1 Å². The fourth-order valence-electron chi connectivity index (χ4n) is 5.47. The Bertz CT molecular complexity index is 1010. The molecule has 32 heavy (non-hydrogen) atoms. The minimum absolute atomic E-state index is 0.00458. The maximum atomic E-state index is 6.89. The molecule has 1 saturated heterocycles. The zero-order valence-corrected chi connectivity index (χ0v) is 21.5. The van der Waals surface area contributed by atoms with Gasteiger partial charge in [-0.15, -0.1) is 0 Å². The Morgan fingerprint density at radius 3 is 2.53 bits per heavy atom. The van der Waals surface area contributed by atoms with Crippen molar-refractivity contribution < 1.29 is 18.6 Å². The maximum absolute atomic E-state index is 6.89. The van der Waals surface area contributed by atoms with Crippen LogP contribution in [0.1, 0.15) is 53.9 Å². The highest BCUT2D eigenvalue weighted by atomic mass is 28.4. The van der Waals surface area contributed by atoms with E-state index in [9.17, 15) is 0 Å². The molecule has 3 fully saturated rings. The van der Waals surface area contributed by atoms with Gasteiger partial charge < -0.3 is 18.6 Å². The van der Waals surface area contributed by atoms with Gasteiger partial charge in [-0.2, -0.15) is 0 Å². The summed E-state index contributed by atoms with van der Waals surface area (Å²) in [7, 11) is -1.91. The summed E-state index contributed by atoms with van der Waals surface area (Å²) in [6.07, 6.45) is 5.13. The summed E-state index contributed by atoms with van der Waals surface area (Å²) in [6, 6.07) is 10.2. The van der Waals surface area contributed by atoms with Gasteiger partial charge in [-0.3, -0.25) is 4.98 Å². The molecule has 2 saturated carbocycles. The second-order valence-electron chi connectivity index (χ2n) is 12.0. The van der Waals surface area contributed by atoms with Crippen LogP contribution < -0.4 is 4.74 Å². The van der Waals surface area contributed by atoms with Crippen LogP contribution in [0.4, 0.5) is 0 Å². The fourth-order valence-corrected chi connectivity index (χ4v) is 6.80. The number of benzene rings is 1. The van der Waals surface area contributed by atoms with Crippen LogP contribution in [0.25, 0.3) is 10.9 Å². The summed E-state index contributed by atoms with van der Waals surface area (Å²) in [4.78, 5) is 4.46. The first-order valence-corrected chi connectivity index (χ1v) is 14.8. The molecule has 0 bridgehead atoms. The quantitative estimate of drug-likeness (QED) is 0.523. The summed E-state index contributed by atoms with van der Waals surface area (Å²) in [5, 5.41) is 1.30. The average Bonchev–Trinajstić information content (AvgIpc) is 3.12. The molecule has 6 heteroatoms. The first-order chi connectivity index (χ1) is 14.9. The topological polar surface area (TPSA) is 49.8 Å². The molecule has 2 heterocycles. The Balaban J connectivity index is 1.31. The first kappa shape index (κ1) is 22.3. The summed E-state index contributed by atoms with van der Waals surface area (Å²) in [5.74, 6) is 0.330. The third-order valence-corrected chi connectivity index (χ3v) is 12.6. The third kappa shape index (κ3) is 3.79. The number of pyridine rings is 1. The predicted octanol–water partition coefficient (Wildman–Crippen LogP) is 6.08. The molecule has 1 aliphatic heterocycles. The van der Waals surface area contributed by atoms with Gasteiger partial charge in [0.25, 0.3) is 0 Å². The van der Waals surface area contributed by atoms with Crippen LogP contribution in [0.15, 0.2) is 36.5 Å². The highest BCUT2D eigenvalue weighted by molar-refractivity contribution is 6.74. The molecular formula is C26H37NO4Si. The van der Waals surface area contributed by atoms with Gasteiger partial charge in [0.2, 0.25) is 0 Å². The van der Waals surface area contributed by atoms with Gasteiger partial charge in [-0.1, -0.05) is 26.8 Å². The van der Waals surface area contributed by atoms with E-state index in [0.29, 0.717) is 0 Å². The second-order valence-corrected chi connectivity index (χ2v) is 16.8. The van der Waals surface area contributed by atoms with E-state index in [1.807, 2.05) is 38.2 Å². The van der Waals surface area contributed by atoms with Gasteiger partial charge in [0, 0.05) is 23.1 Å². The van der Waals surface area contributed by atoms with E-state index in [1.165, 1.54) is 0 Å². The van der Waals surface area contributed by atoms with Crippen molar-refractivity contribution in [3.63, 3.8) is 0 Å². The fraction of sp³-hybridized carbons (Fsp3) is 0.654. The summed E-state index contributed by atoms with van der Waals surface area (Å²) in [5.41, 5.74) is 1.04. The molecule has 174 valence electrons. The summed E-state index contributed by atoms with van der Waals surface area (Å²) in [6.45, 7) is 15.6. The highest BCUT2D eigenvalue weighted by Crippen LogP contribution is 2.60. The molecule has 5 rings (SSSR count). The number of ether oxygens (including phenoxy) is 3. The van der Waals surface area contributed by atoms with Crippen molar-refractivity contribution >= 4 is 19.2 Å². The van der Waals surface area contributed by atoms with E-state index in [4.69, 9.17) is 18.6 Å². The zero-order chi connectivity index (χ0) is 22.9. The SMILES string of the molecule is CC1(C)O[C@H]2[C@@H](O[Si](C)(C)C(C)(C)C)C[C@]3(C[C@H](Oc4ccc5cccnc5c4)C3)[C@H]2O1. The number of fused-ring (bicyclic) bond motifs is 3. The van der Waals surface area contributed by atoms with Crippen LogP contribution in [0, 0.1) is 5.41 Å². The van der Waals surface area contributed by atoms with E-state index in [2.05, 4.69) is 51.0 Å². The molecule has 1 aromatic heterocycles. The van der Waals surface area contributed by atoms with Crippen LogP contribution in [0.5, 0.6) is 5.75 Å². The van der Waals surface area contributed by atoms with Crippen molar-refractivity contribution in [2.45, 2.75) is 102 Å².